The van der Waals surface area contributed by atoms with Gasteiger partial charge in [0, 0.05) is 17.5 Å². The molecular weight excluding hydrogens is 369 g/mol. The molecule has 8 heteroatoms. The summed E-state index contributed by atoms with van der Waals surface area (Å²) in [5.74, 6) is 0.552. The third kappa shape index (κ3) is 3.69. The first-order chi connectivity index (χ1) is 12.8. The first-order valence-electron chi connectivity index (χ1n) is 9.63. The lowest BCUT2D eigenvalue weighted by atomic mass is 9.65. The van der Waals surface area contributed by atoms with E-state index in [1.54, 1.807) is 7.11 Å². The van der Waals surface area contributed by atoms with Crippen molar-refractivity contribution in [3.8, 4) is 5.75 Å². The molecule has 150 valence electrons. The highest BCUT2D eigenvalue weighted by atomic mass is 31.2. The van der Waals surface area contributed by atoms with Gasteiger partial charge in [-0.1, -0.05) is 12.1 Å². The van der Waals surface area contributed by atoms with Crippen molar-refractivity contribution in [1.29, 1.82) is 0 Å². The summed E-state index contributed by atoms with van der Waals surface area (Å²) < 4.78 is 21.7. The Bertz CT molecular complexity index is 721. The molecule has 3 fully saturated rings. The van der Waals surface area contributed by atoms with Gasteiger partial charge in [0.25, 0.3) is 0 Å². The van der Waals surface area contributed by atoms with Crippen LogP contribution in [-0.2, 0) is 15.5 Å². The minimum absolute atomic E-state index is 0.0375. The monoisotopic (exact) mass is 397 g/mol. The van der Waals surface area contributed by atoms with Gasteiger partial charge in [0.05, 0.1) is 19.3 Å². The van der Waals surface area contributed by atoms with Gasteiger partial charge >= 0.3 is 7.82 Å². The summed E-state index contributed by atoms with van der Waals surface area (Å²) in [6, 6.07) is 7.81. The lowest BCUT2D eigenvalue weighted by Gasteiger charge is -2.57. The topological polar surface area (TPSA) is 99.5 Å². The average Bonchev–Trinajstić information content (AvgIpc) is 3.03. The number of methoxy groups -OCH3 is 1. The SMILES string of the molecule is COc1ccc(C[C@H]2[C@@H](O)[C@H]3C[C@]4(CCCN24)CC[C@@H]3OP(=O)(O)O)cc1. The number of piperidine rings is 1. The van der Waals surface area contributed by atoms with Gasteiger partial charge in [-0.15, -0.1) is 0 Å². The lowest BCUT2D eigenvalue weighted by molar-refractivity contribution is -0.144. The molecule has 2 heterocycles. The predicted octanol–water partition coefficient (Wildman–Crippen LogP) is 2.09. The standard InChI is InChI=1S/C19H28NO6P/c1-25-14-5-3-13(4-6-14)11-16-18(21)15-12-19(8-2-10-20(16)19)9-7-17(15)26-27(22,23)24/h3-6,15-18,21H,2,7-12H2,1H3,(H2,22,23,24)/t15-,16-,17-,18-,19-/m0/s1. The van der Waals surface area contributed by atoms with Crippen LogP contribution in [-0.4, -0.2) is 57.2 Å². The fraction of sp³-hybridized carbons (Fsp3) is 0.684. The van der Waals surface area contributed by atoms with Crippen LogP contribution in [0, 0.1) is 5.92 Å². The van der Waals surface area contributed by atoms with Gasteiger partial charge in [-0.25, -0.2) is 4.57 Å². The van der Waals surface area contributed by atoms with Crippen LogP contribution in [0.4, 0.5) is 0 Å². The summed E-state index contributed by atoms with van der Waals surface area (Å²) >= 11 is 0. The molecule has 27 heavy (non-hydrogen) atoms. The molecule has 2 bridgehead atoms. The van der Waals surface area contributed by atoms with Crippen LogP contribution in [0.5, 0.6) is 5.75 Å². The Morgan fingerprint density at radius 1 is 1.26 bits per heavy atom. The van der Waals surface area contributed by atoms with Crippen molar-refractivity contribution in [3.05, 3.63) is 29.8 Å². The molecule has 0 radical (unpaired) electrons. The highest BCUT2D eigenvalue weighted by Gasteiger charge is 2.57. The Hall–Kier alpha value is -0.950. The summed E-state index contributed by atoms with van der Waals surface area (Å²) in [4.78, 5) is 21.0. The number of benzene rings is 1. The lowest BCUT2D eigenvalue weighted by Crippen LogP contribution is -2.66. The number of hydrogen-bond acceptors (Lipinski definition) is 5. The molecule has 0 unspecified atom stereocenters. The molecule has 3 aliphatic rings. The number of phosphoric acid groups is 1. The van der Waals surface area contributed by atoms with Crippen molar-refractivity contribution in [1.82, 2.24) is 4.90 Å². The Morgan fingerprint density at radius 2 is 2.00 bits per heavy atom. The van der Waals surface area contributed by atoms with E-state index in [1.165, 1.54) is 0 Å². The number of fused-ring (bicyclic) bond motifs is 1. The molecular formula is C19H28NO6P. The van der Waals surface area contributed by atoms with Crippen LogP contribution in [0.25, 0.3) is 0 Å². The summed E-state index contributed by atoms with van der Waals surface area (Å²) in [7, 11) is -2.94. The van der Waals surface area contributed by atoms with Crippen molar-refractivity contribution in [3.63, 3.8) is 0 Å². The molecule has 3 N–H and O–H groups in total. The second kappa shape index (κ2) is 7.14. The van der Waals surface area contributed by atoms with E-state index in [1.807, 2.05) is 24.3 Å². The molecule has 7 nitrogen and oxygen atoms in total. The number of rotatable bonds is 5. The van der Waals surface area contributed by atoms with E-state index >= 15 is 0 Å². The van der Waals surface area contributed by atoms with Crippen LogP contribution in [0.15, 0.2) is 24.3 Å². The Kier molecular flexibility index (Phi) is 5.12. The first-order valence-corrected chi connectivity index (χ1v) is 11.2. The Balaban J connectivity index is 1.59. The van der Waals surface area contributed by atoms with E-state index in [9.17, 15) is 19.5 Å². The van der Waals surface area contributed by atoms with E-state index in [0.29, 0.717) is 12.8 Å². The highest BCUT2D eigenvalue weighted by molar-refractivity contribution is 7.46. The van der Waals surface area contributed by atoms with Gasteiger partial charge in [-0.05, 0) is 62.8 Å². The highest BCUT2D eigenvalue weighted by Crippen LogP contribution is 2.54. The normalized spacial score (nSPS) is 36.4. The number of nitrogens with zero attached hydrogens (tertiary/aromatic N) is 1. The molecule has 2 saturated heterocycles. The molecule has 5 atom stereocenters. The van der Waals surface area contributed by atoms with E-state index in [4.69, 9.17) is 9.26 Å². The van der Waals surface area contributed by atoms with Gasteiger partial charge in [0.1, 0.15) is 5.75 Å². The van der Waals surface area contributed by atoms with Crippen LogP contribution >= 0.6 is 7.82 Å². The van der Waals surface area contributed by atoms with Crippen molar-refractivity contribution < 1.29 is 28.7 Å². The number of aliphatic hydroxyl groups is 1. The maximum atomic E-state index is 11.4. The van der Waals surface area contributed by atoms with Crippen LogP contribution in [0.3, 0.4) is 0 Å². The summed E-state index contributed by atoms with van der Waals surface area (Å²) in [6.45, 7) is 0.967. The zero-order valence-corrected chi connectivity index (χ0v) is 16.4. The predicted molar refractivity (Wildman–Crippen MR) is 99.4 cm³/mol. The fourth-order valence-electron chi connectivity index (χ4n) is 5.61. The third-order valence-electron chi connectivity index (χ3n) is 6.75. The third-order valence-corrected chi connectivity index (χ3v) is 7.29. The first kappa shape index (κ1) is 19.4. The number of aliphatic hydroxyl groups excluding tert-OH is 1. The van der Waals surface area contributed by atoms with Gasteiger partial charge in [0.2, 0.25) is 0 Å². The molecule has 1 aliphatic carbocycles. The molecule has 0 aromatic heterocycles. The van der Waals surface area contributed by atoms with Crippen molar-refractivity contribution in [2.45, 2.75) is 62.3 Å². The molecule has 1 aromatic carbocycles. The molecule has 1 spiro atoms. The van der Waals surface area contributed by atoms with Gasteiger partial charge in [-0.2, -0.15) is 0 Å². The van der Waals surface area contributed by atoms with E-state index in [0.717, 1.165) is 43.5 Å². The number of hydrogen-bond donors (Lipinski definition) is 3. The van der Waals surface area contributed by atoms with Crippen molar-refractivity contribution in [2.24, 2.45) is 5.92 Å². The average molecular weight is 397 g/mol. The fourth-order valence-corrected chi connectivity index (χ4v) is 6.23. The summed E-state index contributed by atoms with van der Waals surface area (Å²) in [5, 5.41) is 11.2. The van der Waals surface area contributed by atoms with Crippen molar-refractivity contribution in [2.75, 3.05) is 13.7 Å². The van der Waals surface area contributed by atoms with E-state index in [-0.39, 0.29) is 17.5 Å². The van der Waals surface area contributed by atoms with E-state index < -0.39 is 20.0 Å². The number of phosphoric ester groups is 1. The maximum absolute atomic E-state index is 11.4. The quantitative estimate of drug-likeness (QED) is 0.655. The maximum Gasteiger partial charge on any atom is 0.469 e. The summed E-state index contributed by atoms with van der Waals surface area (Å²) in [6.07, 6.45) is 3.81. The Morgan fingerprint density at radius 3 is 2.67 bits per heavy atom. The van der Waals surface area contributed by atoms with Gasteiger partial charge in [-0.3, -0.25) is 9.42 Å². The zero-order chi connectivity index (χ0) is 19.2. The van der Waals surface area contributed by atoms with E-state index in [2.05, 4.69) is 4.90 Å². The number of ether oxygens (including phenoxy) is 1. The molecule has 4 rings (SSSR count). The summed E-state index contributed by atoms with van der Waals surface area (Å²) in [5.41, 5.74) is 1.16. The molecule has 2 aliphatic heterocycles. The molecule has 0 amide bonds. The minimum Gasteiger partial charge on any atom is -0.497 e. The van der Waals surface area contributed by atoms with Gasteiger partial charge < -0.3 is 19.6 Å². The minimum atomic E-state index is -4.57. The largest absolute Gasteiger partial charge is 0.497 e. The molecule has 1 aromatic rings. The van der Waals surface area contributed by atoms with Crippen LogP contribution in [0.2, 0.25) is 0 Å². The van der Waals surface area contributed by atoms with Crippen LogP contribution in [0.1, 0.15) is 37.7 Å². The van der Waals surface area contributed by atoms with Crippen LogP contribution < -0.4 is 4.74 Å². The van der Waals surface area contributed by atoms with Gasteiger partial charge in [0.15, 0.2) is 0 Å². The van der Waals surface area contributed by atoms with Crippen molar-refractivity contribution >= 4 is 7.82 Å². The smallest absolute Gasteiger partial charge is 0.469 e. The Labute approximate surface area is 159 Å². The second-order valence-electron chi connectivity index (χ2n) is 8.17. The molecule has 1 saturated carbocycles. The zero-order valence-electron chi connectivity index (χ0n) is 15.5. The second-order valence-corrected chi connectivity index (χ2v) is 9.36.